The van der Waals surface area contributed by atoms with Gasteiger partial charge in [0.15, 0.2) is 5.43 Å². The van der Waals surface area contributed by atoms with Crippen LogP contribution in [0.5, 0.6) is 0 Å². The topological polar surface area (TPSA) is 56.8 Å². The van der Waals surface area contributed by atoms with Crippen LogP contribution < -0.4 is 5.43 Å². The minimum absolute atomic E-state index is 0.215. The molecule has 1 aromatic carbocycles. The number of pyridine rings is 1. The molecule has 6 rings (SSSR count). The van der Waals surface area contributed by atoms with Gasteiger partial charge in [-0.2, -0.15) is 0 Å². The number of aromatic amines is 2. The Morgan fingerprint density at radius 2 is 2.05 bits per heavy atom. The van der Waals surface area contributed by atoms with Crippen molar-refractivity contribution in [1.82, 2.24) is 19.7 Å². The van der Waals surface area contributed by atoms with E-state index >= 15 is 0 Å². The fraction of sp³-hybridized carbons (Fsp3) is 0.471. The van der Waals surface area contributed by atoms with Crippen molar-refractivity contribution in [3.05, 3.63) is 34.2 Å². The first-order valence-corrected chi connectivity index (χ1v) is 8.13. The number of piperidine rings is 3. The van der Waals surface area contributed by atoms with Crippen molar-refractivity contribution in [3.63, 3.8) is 0 Å². The van der Waals surface area contributed by atoms with E-state index in [2.05, 4.69) is 21.0 Å². The maximum Gasteiger partial charge on any atom is 0.191 e. The highest BCUT2D eigenvalue weighted by Gasteiger charge is 2.36. The number of hydrogen-bond acceptors (Lipinski definition) is 2. The van der Waals surface area contributed by atoms with Crippen LogP contribution >= 0.6 is 0 Å². The first-order valence-electron chi connectivity index (χ1n) is 8.13. The highest BCUT2D eigenvalue weighted by Crippen LogP contribution is 2.39. The second kappa shape index (κ2) is 4.26. The van der Waals surface area contributed by atoms with E-state index in [9.17, 15) is 4.79 Å². The number of nitrogens with one attached hydrogen (secondary N) is 2. The molecule has 0 aliphatic carbocycles. The van der Waals surface area contributed by atoms with Crippen molar-refractivity contribution >= 4 is 21.8 Å². The van der Waals surface area contributed by atoms with Crippen molar-refractivity contribution in [3.8, 4) is 0 Å². The molecule has 3 aliphatic heterocycles. The van der Waals surface area contributed by atoms with Gasteiger partial charge in [0.1, 0.15) is 0 Å². The van der Waals surface area contributed by atoms with Gasteiger partial charge in [-0.1, -0.05) is 0 Å². The van der Waals surface area contributed by atoms with Crippen LogP contribution in [-0.4, -0.2) is 39.3 Å². The van der Waals surface area contributed by atoms with E-state index in [1.165, 1.54) is 25.9 Å². The Balaban J connectivity index is 1.78. The third-order valence-electron chi connectivity index (χ3n) is 5.75. The van der Waals surface area contributed by atoms with Gasteiger partial charge in [-0.15, -0.1) is 0 Å². The first kappa shape index (κ1) is 12.5. The SMILES string of the molecule is Cn1[nH]c2cc(C3CN4CCC3CC4)c(=O)c3c[nH]cc1c23. The fourth-order valence-electron chi connectivity index (χ4n) is 4.58. The highest BCUT2D eigenvalue weighted by molar-refractivity contribution is 6.07. The Bertz CT molecular complexity index is 923. The third kappa shape index (κ3) is 1.54. The van der Waals surface area contributed by atoms with Crippen molar-refractivity contribution in [2.75, 3.05) is 19.6 Å². The summed E-state index contributed by atoms with van der Waals surface area (Å²) < 4.78 is 1.98. The van der Waals surface area contributed by atoms with E-state index in [1.54, 1.807) is 0 Å². The molecule has 2 aromatic heterocycles. The van der Waals surface area contributed by atoms with Crippen molar-refractivity contribution in [2.24, 2.45) is 13.0 Å². The Morgan fingerprint density at radius 3 is 2.77 bits per heavy atom. The first-order chi connectivity index (χ1) is 10.7. The molecule has 5 heterocycles. The second-order valence-electron chi connectivity index (χ2n) is 6.89. The lowest BCUT2D eigenvalue weighted by molar-refractivity contribution is 0.0868. The second-order valence-corrected chi connectivity index (χ2v) is 6.89. The molecule has 5 nitrogen and oxygen atoms in total. The van der Waals surface area contributed by atoms with E-state index in [-0.39, 0.29) is 5.43 Å². The molecule has 3 fully saturated rings. The molecule has 0 amide bonds. The molecular formula is C17H20N4O. The number of fused-ring (bicyclic) bond motifs is 3. The maximum atomic E-state index is 13.1. The third-order valence-corrected chi connectivity index (χ3v) is 5.75. The Morgan fingerprint density at radius 1 is 1.23 bits per heavy atom. The van der Waals surface area contributed by atoms with Crippen LogP contribution in [0.15, 0.2) is 23.3 Å². The molecule has 2 bridgehead atoms. The number of aryl methyl sites for hydroxylation is 1. The quantitative estimate of drug-likeness (QED) is 0.723. The highest BCUT2D eigenvalue weighted by atomic mass is 16.1. The Hall–Kier alpha value is -2.01. The van der Waals surface area contributed by atoms with Crippen molar-refractivity contribution < 1.29 is 0 Å². The van der Waals surface area contributed by atoms with Crippen LogP contribution in [0.25, 0.3) is 21.8 Å². The molecular weight excluding hydrogens is 276 g/mol. The molecule has 3 aromatic rings. The summed E-state index contributed by atoms with van der Waals surface area (Å²) in [7, 11) is 1.99. The van der Waals surface area contributed by atoms with E-state index in [0.717, 1.165) is 33.9 Å². The van der Waals surface area contributed by atoms with Gasteiger partial charge in [-0.3, -0.25) is 14.6 Å². The Kier molecular flexibility index (Phi) is 2.42. The van der Waals surface area contributed by atoms with Crippen LogP contribution in [0, 0.1) is 5.92 Å². The summed E-state index contributed by atoms with van der Waals surface area (Å²) in [6, 6.07) is 2.12. The zero-order valence-corrected chi connectivity index (χ0v) is 12.7. The largest absolute Gasteiger partial charge is 0.365 e. The molecule has 1 atom stereocenters. The molecule has 5 heteroatoms. The summed E-state index contributed by atoms with van der Waals surface area (Å²) in [5, 5.41) is 5.25. The van der Waals surface area contributed by atoms with Gasteiger partial charge in [0.25, 0.3) is 0 Å². The van der Waals surface area contributed by atoms with Crippen LogP contribution in [0.4, 0.5) is 0 Å². The van der Waals surface area contributed by atoms with Crippen molar-refractivity contribution in [2.45, 2.75) is 18.8 Å². The van der Waals surface area contributed by atoms with Crippen LogP contribution in [-0.2, 0) is 7.05 Å². The summed E-state index contributed by atoms with van der Waals surface area (Å²) in [4.78, 5) is 18.7. The maximum absolute atomic E-state index is 13.1. The number of aromatic nitrogens is 3. The average molecular weight is 296 g/mol. The zero-order valence-electron chi connectivity index (χ0n) is 12.7. The van der Waals surface area contributed by atoms with E-state index in [0.29, 0.717) is 11.8 Å². The number of H-pyrrole nitrogens is 2. The van der Waals surface area contributed by atoms with Crippen LogP contribution in [0.1, 0.15) is 24.3 Å². The van der Waals surface area contributed by atoms with Crippen LogP contribution in [0.2, 0.25) is 0 Å². The summed E-state index contributed by atoms with van der Waals surface area (Å²) in [6.07, 6.45) is 6.27. The van der Waals surface area contributed by atoms with Gasteiger partial charge < -0.3 is 9.88 Å². The minimum atomic E-state index is 0.215. The normalized spacial score (nSPS) is 28.0. The van der Waals surface area contributed by atoms with Gasteiger partial charge in [0.2, 0.25) is 0 Å². The summed E-state index contributed by atoms with van der Waals surface area (Å²) in [5.41, 5.74) is 3.34. The monoisotopic (exact) mass is 296 g/mol. The number of hydrogen-bond donors (Lipinski definition) is 2. The Labute approximate surface area is 127 Å². The molecule has 0 spiro atoms. The lowest BCUT2D eigenvalue weighted by atomic mass is 9.75. The molecule has 0 saturated carbocycles. The van der Waals surface area contributed by atoms with Gasteiger partial charge in [0, 0.05) is 48.2 Å². The fourth-order valence-corrected chi connectivity index (χ4v) is 4.58. The van der Waals surface area contributed by atoms with Crippen LogP contribution in [0.3, 0.4) is 0 Å². The molecule has 1 unspecified atom stereocenters. The zero-order chi connectivity index (χ0) is 14.8. The number of nitrogens with zero attached hydrogens (tertiary/aromatic N) is 2. The van der Waals surface area contributed by atoms with Crippen molar-refractivity contribution in [1.29, 1.82) is 0 Å². The lowest BCUT2D eigenvalue weighted by Gasteiger charge is -2.44. The lowest BCUT2D eigenvalue weighted by Crippen LogP contribution is -2.47. The summed E-state index contributed by atoms with van der Waals surface area (Å²) in [6.45, 7) is 3.45. The van der Waals surface area contributed by atoms with E-state index < -0.39 is 0 Å². The van der Waals surface area contributed by atoms with Gasteiger partial charge in [-0.05, 0) is 37.9 Å². The molecule has 3 aliphatic rings. The molecule has 114 valence electrons. The molecule has 2 N–H and O–H groups in total. The average Bonchev–Trinajstić information content (AvgIpc) is 2.89. The molecule has 3 saturated heterocycles. The standard InChI is InChI=1S/C17H20N4O/c1-20-15-8-18-7-12-16(15)14(19-20)6-11(17(12)22)13-9-21-4-2-10(13)3-5-21/h6-8,10,13,18-19H,2-5,9H2,1H3. The number of rotatable bonds is 1. The van der Waals surface area contributed by atoms with Gasteiger partial charge >= 0.3 is 0 Å². The smallest absolute Gasteiger partial charge is 0.191 e. The van der Waals surface area contributed by atoms with Gasteiger partial charge in [0.05, 0.1) is 11.0 Å². The summed E-state index contributed by atoms with van der Waals surface area (Å²) in [5.74, 6) is 1.07. The predicted molar refractivity (Wildman–Crippen MR) is 87.3 cm³/mol. The predicted octanol–water partition coefficient (Wildman–Crippen LogP) is 2.16. The van der Waals surface area contributed by atoms with Gasteiger partial charge in [-0.25, -0.2) is 0 Å². The minimum Gasteiger partial charge on any atom is -0.365 e. The molecule has 22 heavy (non-hydrogen) atoms. The van der Waals surface area contributed by atoms with E-state index in [1.807, 2.05) is 24.1 Å². The van der Waals surface area contributed by atoms with E-state index in [4.69, 9.17) is 0 Å². The molecule has 0 radical (unpaired) electrons. The summed E-state index contributed by atoms with van der Waals surface area (Å²) >= 11 is 0. The number of benzene rings is 1.